The number of carbonyl (C=O) groups excluding carboxylic acids is 2. The van der Waals surface area contributed by atoms with E-state index in [1.54, 1.807) is 18.7 Å². The molecule has 2 amide bonds. The summed E-state index contributed by atoms with van der Waals surface area (Å²) >= 11 is 0. The monoisotopic (exact) mass is 398 g/mol. The minimum Gasteiger partial charge on any atom is -0.373 e. The highest BCUT2D eigenvalue weighted by Gasteiger charge is 2.56. The summed E-state index contributed by atoms with van der Waals surface area (Å²) in [6, 6.07) is 7.19. The number of alkyl halides is 3. The third kappa shape index (κ3) is 4.26. The molecule has 152 valence electrons. The zero-order chi connectivity index (χ0) is 21.3. The van der Waals surface area contributed by atoms with Crippen LogP contribution in [0.25, 0.3) is 0 Å². The average Bonchev–Trinajstić information content (AvgIpc) is 2.62. The van der Waals surface area contributed by atoms with Gasteiger partial charge in [0.15, 0.2) is 0 Å². The summed E-state index contributed by atoms with van der Waals surface area (Å²) in [5, 5.41) is 19.6. The Kier molecular flexibility index (Phi) is 6.01. The number of halogens is 3. The van der Waals surface area contributed by atoms with E-state index < -0.39 is 29.8 Å². The summed E-state index contributed by atoms with van der Waals surface area (Å²) in [7, 11) is 0. The molecule has 1 fully saturated rings. The van der Waals surface area contributed by atoms with Gasteiger partial charge in [-0.15, -0.1) is 0 Å². The lowest BCUT2D eigenvalue weighted by atomic mass is 10.1. The van der Waals surface area contributed by atoms with Gasteiger partial charge in [-0.25, -0.2) is 5.01 Å². The first-order chi connectivity index (χ1) is 12.9. The number of rotatable bonds is 3. The van der Waals surface area contributed by atoms with Crippen molar-refractivity contribution in [1.82, 2.24) is 15.3 Å². The van der Waals surface area contributed by atoms with Gasteiger partial charge in [0, 0.05) is 30.7 Å². The van der Waals surface area contributed by atoms with E-state index in [9.17, 15) is 27.9 Å². The predicted molar refractivity (Wildman–Crippen MR) is 92.6 cm³/mol. The van der Waals surface area contributed by atoms with Crippen LogP contribution in [-0.4, -0.2) is 63.8 Å². The smallest absolute Gasteiger partial charge is 0.373 e. The average molecular weight is 398 g/mol. The van der Waals surface area contributed by atoms with E-state index in [0.717, 1.165) is 0 Å². The largest absolute Gasteiger partial charge is 0.426 e. The molecule has 28 heavy (non-hydrogen) atoms. The van der Waals surface area contributed by atoms with Crippen LogP contribution in [0.3, 0.4) is 0 Å². The predicted octanol–water partition coefficient (Wildman–Crippen LogP) is 1.44. The number of hydrazine groups is 1. The van der Waals surface area contributed by atoms with Gasteiger partial charge < -0.3 is 10.0 Å². The molecular formula is C18H21F3N4O3. The van der Waals surface area contributed by atoms with Crippen molar-refractivity contribution in [3.63, 3.8) is 0 Å². The van der Waals surface area contributed by atoms with E-state index in [-0.39, 0.29) is 19.0 Å². The second-order valence-electron chi connectivity index (χ2n) is 7.01. The molecule has 1 aromatic rings. The molecule has 10 heteroatoms. The van der Waals surface area contributed by atoms with Crippen LogP contribution in [0, 0.1) is 11.3 Å². The zero-order valence-corrected chi connectivity index (χ0v) is 15.6. The molecule has 0 unspecified atom stereocenters. The maximum Gasteiger partial charge on any atom is 0.426 e. The fourth-order valence-corrected chi connectivity index (χ4v) is 2.79. The molecule has 0 aromatic heterocycles. The van der Waals surface area contributed by atoms with Gasteiger partial charge in [0.25, 0.3) is 11.8 Å². The van der Waals surface area contributed by atoms with Crippen molar-refractivity contribution in [2.45, 2.75) is 44.6 Å². The highest BCUT2D eigenvalue weighted by Crippen LogP contribution is 2.30. The Labute approximate surface area is 160 Å². The molecule has 0 spiro atoms. The Balaban J connectivity index is 2.08. The van der Waals surface area contributed by atoms with E-state index in [4.69, 9.17) is 5.26 Å². The fourth-order valence-electron chi connectivity index (χ4n) is 2.79. The Hall–Kier alpha value is -2.64. The second kappa shape index (κ2) is 7.77. The van der Waals surface area contributed by atoms with Crippen LogP contribution in [-0.2, 0) is 4.79 Å². The Bertz CT molecular complexity index is 787. The summed E-state index contributed by atoms with van der Waals surface area (Å²) in [5.41, 5.74) is -0.608. The second-order valence-corrected chi connectivity index (χ2v) is 7.01. The van der Waals surface area contributed by atoms with Gasteiger partial charge in [-0.1, -0.05) is 0 Å². The van der Waals surface area contributed by atoms with Gasteiger partial charge in [0.05, 0.1) is 11.6 Å². The summed E-state index contributed by atoms with van der Waals surface area (Å²) in [6.07, 6.45) is -5.11. The van der Waals surface area contributed by atoms with Crippen molar-refractivity contribution in [3.05, 3.63) is 35.4 Å². The van der Waals surface area contributed by atoms with E-state index in [2.05, 4.69) is 5.43 Å². The third-order valence-corrected chi connectivity index (χ3v) is 4.75. The molecule has 7 nitrogen and oxygen atoms in total. The molecule has 1 saturated heterocycles. The SMILES string of the molecule is C[C@@H]1CN(C(=O)c2ccc(C#N)cc2)[C@@H](C)CN1NC(=O)[C@@](C)(O)C(F)(F)F. The highest BCUT2D eigenvalue weighted by molar-refractivity contribution is 5.94. The van der Waals surface area contributed by atoms with Crippen LogP contribution in [0.1, 0.15) is 36.7 Å². The van der Waals surface area contributed by atoms with Crippen molar-refractivity contribution in [2.75, 3.05) is 13.1 Å². The Morgan fingerprint density at radius 3 is 2.25 bits per heavy atom. The first-order valence-corrected chi connectivity index (χ1v) is 8.56. The van der Waals surface area contributed by atoms with Crippen LogP contribution in [0.2, 0.25) is 0 Å². The van der Waals surface area contributed by atoms with Crippen molar-refractivity contribution < 1.29 is 27.9 Å². The number of aliphatic hydroxyl groups is 1. The summed E-state index contributed by atoms with van der Waals surface area (Å²) in [5.74, 6) is -1.86. The quantitative estimate of drug-likeness (QED) is 0.803. The molecule has 1 heterocycles. The Morgan fingerprint density at radius 2 is 1.75 bits per heavy atom. The lowest BCUT2D eigenvalue weighted by molar-refractivity contribution is -0.247. The minimum absolute atomic E-state index is 0.0862. The van der Waals surface area contributed by atoms with Crippen molar-refractivity contribution in [3.8, 4) is 6.07 Å². The normalized spacial score (nSPS) is 22.9. The van der Waals surface area contributed by atoms with Gasteiger partial charge in [-0.2, -0.15) is 18.4 Å². The van der Waals surface area contributed by atoms with Crippen LogP contribution in [0.15, 0.2) is 24.3 Å². The standard InChI is InChI=1S/C18H21F3N4O3/c1-11-10-25(23-16(27)17(3,28)18(19,20)21)12(2)9-24(11)15(26)14-6-4-13(8-22)5-7-14/h4-7,11-12,28H,9-10H2,1-3H3,(H,23,27)/t11-,12+,17+/m0/s1. The number of carbonyl (C=O) groups is 2. The number of hydrogen-bond donors (Lipinski definition) is 2. The van der Waals surface area contributed by atoms with E-state index in [1.807, 2.05) is 6.07 Å². The highest BCUT2D eigenvalue weighted by atomic mass is 19.4. The number of nitrogens with one attached hydrogen (secondary N) is 1. The topological polar surface area (TPSA) is 96.7 Å². The van der Waals surface area contributed by atoms with Crippen LogP contribution >= 0.6 is 0 Å². The molecule has 1 aromatic carbocycles. The van der Waals surface area contributed by atoms with Crippen LogP contribution < -0.4 is 5.43 Å². The van der Waals surface area contributed by atoms with Gasteiger partial charge >= 0.3 is 6.18 Å². The molecular weight excluding hydrogens is 377 g/mol. The number of nitrogens with zero attached hydrogens (tertiary/aromatic N) is 3. The summed E-state index contributed by atoms with van der Waals surface area (Å²) in [6.45, 7) is 3.99. The van der Waals surface area contributed by atoms with Crippen molar-refractivity contribution in [2.24, 2.45) is 0 Å². The minimum atomic E-state index is -5.11. The molecule has 2 rings (SSSR count). The number of benzene rings is 1. The lowest BCUT2D eigenvalue weighted by Crippen LogP contribution is -2.66. The molecule has 0 aliphatic carbocycles. The molecule has 0 saturated carbocycles. The van der Waals surface area contributed by atoms with Gasteiger partial charge in [0.2, 0.25) is 5.60 Å². The molecule has 0 bridgehead atoms. The van der Waals surface area contributed by atoms with Crippen LogP contribution in [0.4, 0.5) is 13.2 Å². The number of nitriles is 1. The first kappa shape index (κ1) is 21.7. The van der Waals surface area contributed by atoms with Gasteiger partial charge in [-0.3, -0.25) is 15.0 Å². The lowest BCUT2D eigenvalue weighted by Gasteiger charge is -2.44. The zero-order valence-electron chi connectivity index (χ0n) is 15.6. The molecule has 1 aliphatic heterocycles. The van der Waals surface area contributed by atoms with E-state index >= 15 is 0 Å². The molecule has 0 radical (unpaired) electrons. The fraction of sp³-hybridized carbons (Fsp3) is 0.500. The maximum absolute atomic E-state index is 12.8. The maximum atomic E-state index is 12.8. The number of hydrogen-bond acceptors (Lipinski definition) is 5. The number of piperazine rings is 1. The van der Waals surface area contributed by atoms with E-state index in [0.29, 0.717) is 18.1 Å². The third-order valence-electron chi connectivity index (χ3n) is 4.75. The number of amides is 2. The van der Waals surface area contributed by atoms with Gasteiger partial charge in [0.1, 0.15) is 0 Å². The summed E-state index contributed by atoms with van der Waals surface area (Å²) < 4.78 is 38.5. The first-order valence-electron chi connectivity index (χ1n) is 8.56. The van der Waals surface area contributed by atoms with Crippen molar-refractivity contribution in [1.29, 1.82) is 5.26 Å². The molecule has 2 N–H and O–H groups in total. The van der Waals surface area contributed by atoms with Crippen LogP contribution in [0.5, 0.6) is 0 Å². The Morgan fingerprint density at radius 1 is 1.18 bits per heavy atom. The summed E-state index contributed by atoms with van der Waals surface area (Å²) in [4.78, 5) is 26.2. The van der Waals surface area contributed by atoms with Gasteiger partial charge in [-0.05, 0) is 45.0 Å². The molecule has 1 aliphatic rings. The van der Waals surface area contributed by atoms with Crippen molar-refractivity contribution >= 4 is 11.8 Å². The van der Waals surface area contributed by atoms with E-state index in [1.165, 1.54) is 29.3 Å². The molecule has 3 atom stereocenters.